The van der Waals surface area contributed by atoms with Crippen LogP contribution < -0.4 is 0 Å². The molecule has 1 nitrogen and oxygen atoms in total. The Hall–Kier alpha value is -1.81. The van der Waals surface area contributed by atoms with Crippen LogP contribution in [0, 0.1) is 6.92 Å². The van der Waals surface area contributed by atoms with Crippen molar-refractivity contribution in [2.45, 2.75) is 13.1 Å². The number of hydrogen-bond donors (Lipinski definition) is 0. The lowest BCUT2D eigenvalue weighted by atomic mass is 9.97. The van der Waals surface area contributed by atoms with E-state index >= 15 is 0 Å². The number of rotatable bonds is 2. The summed E-state index contributed by atoms with van der Waals surface area (Å²) in [5.41, 5.74) is 0.167. The van der Waals surface area contributed by atoms with E-state index in [0.717, 1.165) is 12.1 Å². The van der Waals surface area contributed by atoms with E-state index in [1.54, 1.807) is 24.3 Å². The number of hydrogen-bond acceptors (Lipinski definition) is 1. The Balaban J connectivity index is 2.38. The molecule has 0 saturated carbocycles. The van der Waals surface area contributed by atoms with Crippen LogP contribution in [0.15, 0.2) is 42.5 Å². The Morgan fingerprint density at radius 2 is 1.65 bits per heavy atom. The molecule has 2 aromatic carbocycles. The van der Waals surface area contributed by atoms with Crippen molar-refractivity contribution >= 4 is 17.4 Å². The molecule has 0 bridgehead atoms. The van der Waals surface area contributed by atoms with Crippen LogP contribution in [0.3, 0.4) is 0 Å². The second-order valence-corrected chi connectivity index (χ2v) is 4.80. The van der Waals surface area contributed by atoms with Gasteiger partial charge >= 0.3 is 6.18 Å². The largest absolute Gasteiger partial charge is 0.416 e. The maximum Gasteiger partial charge on any atom is 0.416 e. The molecule has 2 rings (SSSR count). The minimum Gasteiger partial charge on any atom is -0.289 e. The number of carbonyl (C=O) groups is 1. The third-order valence-corrected chi connectivity index (χ3v) is 3.16. The van der Waals surface area contributed by atoms with E-state index < -0.39 is 11.7 Å². The van der Waals surface area contributed by atoms with Gasteiger partial charge in [0.05, 0.1) is 5.56 Å². The molecule has 0 aliphatic carbocycles. The number of aryl methyl sites for hydroxylation is 1. The first kappa shape index (κ1) is 14.6. The van der Waals surface area contributed by atoms with Gasteiger partial charge in [-0.3, -0.25) is 4.79 Å². The predicted molar refractivity (Wildman–Crippen MR) is 71.1 cm³/mol. The number of halogens is 4. The molecule has 5 heteroatoms. The fourth-order valence-electron chi connectivity index (χ4n) is 1.85. The highest BCUT2D eigenvalue weighted by Gasteiger charge is 2.31. The maximum atomic E-state index is 12.6. The molecule has 104 valence electrons. The van der Waals surface area contributed by atoms with Crippen LogP contribution in [0.4, 0.5) is 13.2 Å². The van der Waals surface area contributed by atoms with E-state index in [1.807, 2.05) is 0 Å². The minimum absolute atomic E-state index is 0.250. The van der Waals surface area contributed by atoms with Gasteiger partial charge in [0.1, 0.15) is 0 Å². The zero-order chi connectivity index (χ0) is 14.9. The normalized spacial score (nSPS) is 11.4. The zero-order valence-electron chi connectivity index (χ0n) is 10.5. The van der Waals surface area contributed by atoms with Crippen LogP contribution in [0.25, 0.3) is 0 Å². The lowest BCUT2D eigenvalue weighted by Gasteiger charge is -2.10. The van der Waals surface area contributed by atoms with Gasteiger partial charge in [-0.25, -0.2) is 0 Å². The molecule has 0 fully saturated rings. The second-order valence-electron chi connectivity index (χ2n) is 4.36. The smallest absolute Gasteiger partial charge is 0.289 e. The molecule has 0 unspecified atom stereocenters. The fraction of sp³-hybridized carbons (Fsp3) is 0.133. The van der Waals surface area contributed by atoms with Gasteiger partial charge in [-0.15, -0.1) is 0 Å². The first-order chi connectivity index (χ1) is 9.29. The van der Waals surface area contributed by atoms with Gasteiger partial charge in [0.25, 0.3) is 0 Å². The zero-order valence-corrected chi connectivity index (χ0v) is 11.2. The van der Waals surface area contributed by atoms with Gasteiger partial charge in [0, 0.05) is 16.1 Å². The average molecular weight is 299 g/mol. The Bertz CT molecular complexity index is 645. The van der Waals surface area contributed by atoms with E-state index in [2.05, 4.69) is 0 Å². The highest BCUT2D eigenvalue weighted by Crippen LogP contribution is 2.30. The topological polar surface area (TPSA) is 17.1 Å². The Morgan fingerprint density at radius 3 is 2.15 bits per heavy atom. The average Bonchev–Trinajstić information content (AvgIpc) is 2.37. The van der Waals surface area contributed by atoms with E-state index in [-0.39, 0.29) is 11.3 Å². The van der Waals surface area contributed by atoms with Crippen molar-refractivity contribution in [1.82, 2.24) is 0 Å². The molecular formula is C15H10ClF3O. The highest BCUT2D eigenvalue weighted by atomic mass is 35.5. The number of benzene rings is 2. The Morgan fingerprint density at radius 1 is 1.05 bits per heavy atom. The van der Waals surface area contributed by atoms with Gasteiger partial charge in [-0.1, -0.05) is 17.7 Å². The summed E-state index contributed by atoms with van der Waals surface area (Å²) in [6, 6.07) is 9.31. The Labute approximate surface area is 119 Å². The molecule has 0 radical (unpaired) electrons. The van der Waals surface area contributed by atoms with E-state index in [4.69, 9.17) is 11.6 Å². The van der Waals surface area contributed by atoms with E-state index in [1.165, 1.54) is 13.0 Å². The fourth-order valence-corrected chi connectivity index (χ4v) is 1.98. The lowest BCUT2D eigenvalue weighted by Crippen LogP contribution is -2.08. The SMILES string of the molecule is Cc1cc(C(F)(F)F)ccc1C(=O)c1ccc(Cl)cc1. The number of ketones is 1. The van der Waals surface area contributed by atoms with Gasteiger partial charge in [-0.05, 0) is 48.9 Å². The molecule has 0 atom stereocenters. The van der Waals surface area contributed by atoms with Crippen LogP contribution in [0.1, 0.15) is 27.0 Å². The summed E-state index contributed by atoms with van der Waals surface area (Å²) < 4.78 is 37.7. The van der Waals surface area contributed by atoms with Crippen molar-refractivity contribution in [3.63, 3.8) is 0 Å². The molecule has 0 aliphatic heterocycles. The number of alkyl halides is 3. The first-order valence-corrected chi connectivity index (χ1v) is 6.15. The lowest BCUT2D eigenvalue weighted by molar-refractivity contribution is -0.137. The predicted octanol–water partition coefficient (Wildman–Crippen LogP) is 4.90. The standard InChI is InChI=1S/C15H10ClF3O/c1-9-8-11(15(17,18)19)4-7-13(9)14(20)10-2-5-12(16)6-3-10/h2-8H,1H3. The molecule has 0 amide bonds. The van der Waals surface area contributed by atoms with Gasteiger partial charge in [0.2, 0.25) is 0 Å². The highest BCUT2D eigenvalue weighted by molar-refractivity contribution is 6.30. The van der Waals surface area contributed by atoms with Crippen molar-refractivity contribution in [3.8, 4) is 0 Å². The van der Waals surface area contributed by atoms with Crippen molar-refractivity contribution in [2.75, 3.05) is 0 Å². The van der Waals surface area contributed by atoms with Gasteiger partial charge in [-0.2, -0.15) is 13.2 Å². The molecule has 0 aliphatic rings. The number of carbonyl (C=O) groups excluding carboxylic acids is 1. The maximum absolute atomic E-state index is 12.6. The van der Waals surface area contributed by atoms with Gasteiger partial charge < -0.3 is 0 Å². The quantitative estimate of drug-likeness (QED) is 0.721. The van der Waals surface area contributed by atoms with Gasteiger partial charge in [0.15, 0.2) is 5.78 Å². The van der Waals surface area contributed by atoms with Crippen LogP contribution in [0.5, 0.6) is 0 Å². The first-order valence-electron chi connectivity index (χ1n) is 5.77. The summed E-state index contributed by atoms with van der Waals surface area (Å²) in [5, 5.41) is 0.491. The third-order valence-electron chi connectivity index (χ3n) is 2.90. The summed E-state index contributed by atoms with van der Waals surface area (Å²) in [7, 11) is 0. The summed E-state index contributed by atoms with van der Waals surface area (Å²) in [4.78, 5) is 12.2. The molecular weight excluding hydrogens is 289 g/mol. The van der Waals surface area contributed by atoms with Crippen LogP contribution >= 0.6 is 11.6 Å². The molecule has 0 N–H and O–H groups in total. The van der Waals surface area contributed by atoms with E-state index in [0.29, 0.717) is 16.1 Å². The van der Waals surface area contributed by atoms with Crippen LogP contribution in [0.2, 0.25) is 5.02 Å². The van der Waals surface area contributed by atoms with E-state index in [9.17, 15) is 18.0 Å². The molecule has 0 saturated heterocycles. The molecule has 2 aromatic rings. The second kappa shape index (κ2) is 5.29. The van der Waals surface area contributed by atoms with Crippen molar-refractivity contribution in [3.05, 3.63) is 69.7 Å². The summed E-state index contributed by atoms with van der Waals surface area (Å²) in [6.45, 7) is 1.48. The third kappa shape index (κ3) is 3.02. The van der Waals surface area contributed by atoms with Crippen LogP contribution in [-0.4, -0.2) is 5.78 Å². The van der Waals surface area contributed by atoms with Crippen molar-refractivity contribution in [2.24, 2.45) is 0 Å². The van der Waals surface area contributed by atoms with Crippen LogP contribution in [-0.2, 0) is 6.18 Å². The Kier molecular flexibility index (Phi) is 3.86. The summed E-state index contributed by atoms with van der Waals surface area (Å²) >= 11 is 5.73. The summed E-state index contributed by atoms with van der Waals surface area (Å²) in [6.07, 6.45) is -4.41. The monoisotopic (exact) mass is 298 g/mol. The summed E-state index contributed by atoms with van der Waals surface area (Å²) in [5.74, 6) is -0.326. The van der Waals surface area contributed by atoms with Crippen molar-refractivity contribution < 1.29 is 18.0 Å². The molecule has 0 aromatic heterocycles. The molecule has 20 heavy (non-hydrogen) atoms. The molecule has 0 heterocycles. The minimum atomic E-state index is -4.41. The van der Waals surface area contributed by atoms with Crippen molar-refractivity contribution in [1.29, 1.82) is 0 Å². The molecule has 0 spiro atoms.